The number of rotatable bonds is 5. The van der Waals surface area contributed by atoms with E-state index in [1.807, 2.05) is 32.9 Å². The number of hydrogen-bond donors (Lipinski definition) is 1. The molecule has 0 radical (unpaired) electrons. The second-order valence-electron chi connectivity index (χ2n) is 4.24. The lowest BCUT2D eigenvalue weighted by molar-refractivity contribution is 0.222. The zero-order valence-electron chi connectivity index (χ0n) is 11.0. The topological polar surface area (TPSA) is 73.1 Å². The molecule has 0 fully saturated rings. The molecule has 2 rings (SSSR count). The fourth-order valence-electron chi connectivity index (χ4n) is 1.42. The van der Waals surface area contributed by atoms with Gasteiger partial charge in [-0.1, -0.05) is 0 Å². The highest BCUT2D eigenvalue weighted by atomic mass is 35.5. The molecule has 0 aliphatic heterocycles. The van der Waals surface area contributed by atoms with Crippen molar-refractivity contribution < 1.29 is 9.15 Å². The van der Waals surface area contributed by atoms with Gasteiger partial charge in [-0.15, -0.1) is 0 Å². The number of aromatic nitrogens is 3. The number of anilines is 1. The molecule has 19 heavy (non-hydrogen) atoms. The van der Waals surface area contributed by atoms with E-state index in [1.165, 1.54) is 0 Å². The first-order valence-corrected chi connectivity index (χ1v) is 6.28. The normalized spacial score (nSPS) is 10.8. The SMILES string of the molecule is Cc1ccc(CNc2nc(Cl)nc(OC(C)C)n2)o1. The van der Waals surface area contributed by atoms with Crippen LogP contribution in [0.25, 0.3) is 0 Å². The van der Waals surface area contributed by atoms with Crippen molar-refractivity contribution in [2.24, 2.45) is 0 Å². The maximum Gasteiger partial charge on any atom is 0.322 e. The van der Waals surface area contributed by atoms with Gasteiger partial charge in [0.05, 0.1) is 12.6 Å². The number of nitrogens with zero attached hydrogens (tertiary/aromatic N) is 3. The summed E-state index contributed by atoms with van der Waals surface area (Å²) in [5.74, 6) is 2.00. The standard InChI is InChI=1S/C12H15ClN4O2/c1-7(2)18-12-16-10(13)15-11(17-12)14-6-9-5-4-8(3)19-9/h4-5,7H,6H2,1-3H3,(H,14,15,16,17). The van der Waals surface area contributed by atoms with Crippen LogP contribution in [-0.4, -0.2) is 21.1 Å². The second-order valence-corrected chi connectivity index (χ2v) is 4.58. The van der Waals surface area contributed by atoms with Gasteiger partial charge in [0.15, 0.2) is 0 Å². The van der Waals surface area contributed by atoms with Crippen LogP contribution in [0.1, 0.15) is 25.4 Å². The van der Waals surface area contributed by atoms with E-state index in [-0.39, 0.29) is 17.4 Å². The number of hydrogen-bond acceptors (Lipinski definition) is 6. The smallest absolute Gasteiger partial charge is 0.322 e. The van der Waals surface area contributed by atoms with E-state index in [4.69, 9.17) is 20.8 Å². The quantitative estimate of drug-likeness (QED) is 0.909. The summed E-state index contributed by atoms with van der Waals surface area (Å²) in [5, 5.41) is 3.10. The number of furan rings is 1. The van der Waals surface area contributed by atoms with Crippen LogP contribution in [0, 0.1) is 6.92 Å². The molecule has 102 valence electrons. The van der Waals surface area contributed by atoms with Gasteiger partial charge in [0.25, 0.3) is 0 Å². The molecule has 0 aliphatic rings. The van der Waals surface area contributed by atoms with Gasteiger partial charge < -0.3 is 14.5 Å². The molecule has 6 nitrogen and oxygen atoms in total. The number of nitrogens with one attached hydrogen (secondary N) is 1. The van der Waals surface area contributed by atoms with E-state index in [2.05, 4.69) is 20.3 Å². The van der Waals surface area contributed by atoms with Crippen molar-refractivity contribution in [3.63, 3.8) is 0 Å². The van der Waals surface area contributed by atoms with Crippen molar-refractivity contribution >= 4 is 17.5 Å². The molecule has 1 N–H and O–H groups in total. The molecule has 2 aromatic heterocycles. The number of ether oxygens (including phenoxy) is 1. The third-order valence-electron chi connectivity index (χ3n) is 2.15. The molecule has 0 saturated carbocycles. The first kappa shape index (κ1) is 13.6. The van der Waals surface area contributed by atoms with Crippen LogP contribution in [0.4, 0.5) is 5.95 Å². The van der Waals surface area contributed by atoms with Gasteiger partial charge in [0.1, 0.15) is 11.5 Å². The zero-order chi connectivity index (χ0) is 13.8. The van der Waals surface area contributed by atoms with Gasteiger partial charge in [-0.25, -0.2) is 0 Å². The average molecular weight is 283 g/mol. The van der Waals surface area contributed by atoms with E-state index >= 15 is 0 Å². The molecule has 0 aromatic carbocycles. The van der Waals surface area contributed by atoms with Crippen molar-refractivity contribution in [3.05, 3.63) is 28.9 Å². The Morgan fingerprint density at radius 3 is 2.74 bits per heavy atom. The van der Waals surface area contributed by atoms with E-state index in [1.54, 1.807) is 0 Å². The lowest BCUT2D eigenvalue weighted by Gasteiger charge is -2.09. The summed E-state index contributed by atoms with van der Waals surface area (Å²) in [6, 6.07) is 3.98. The molecule has 2 heterocycles. The lowest BCUT2D eigenvalue weighted by Crippen LogP contribution is -2.11. The second kappa shape index (κ2) is 5.88. The van der Waals surface area contributed by atoms with Crippen LogP contribution in [0.3, 0.4) is 0 Å². The Bertz CT molecular complexity index is 556. The Kier molecular flexibility index (Phi) is 4.21. The molecule has 0 unspecified atom stereocenters. The largest absolute Gasteiger partial charge is 0.465 e. The minimum absolute atomic E-state index is 0.0287. The van der Waals surface area contributed by atoms with Crippen molar-refractivity contribution in [3.8, 4) is 6.01 Å². The summed E-state index contributed by atoms with van der Waals surface area (Å²) in [5.41, 5.74) is 0. The first-order valence-electron chi connectivity index (χ1n) is 5.90. The minimum Gasteiger partial charge on any atom is -0.465 e. The average Bonchev–Trinajstić information content (AvgIpc) is 2.71. The summed E-state index contributed by atoms with van der Waals surface area (Å²) in [6.07, 6.45) is -0.0287. The van der Waals surface area contributed by atoms with Gasteiger partial charge in [-0.2, -0.15) is 15.0 Å². The molecule has 0 atom stereocenters. The summed E-state index contributed by atoms with van der Waals surface area (Å²) in [7, 11) is 0. The first-order chi connectivity index (χ1) is 9.02. The summed E-state index contributed by atoms with van der Waals surface area (Å²) < 4.78 is 10.8. The third kappa shape index (κ3) is 4.10. The highest BCUT2D eigenvalue weighted by Gasteiger charge is 2.08. The van der Waals surface area contributed by atoms with Crippen LogP contribution in [-0.2, 0) is 6.54 Å². The highest BCUT2D eigenvalue weighted by molar-refractivity contribution is 6.28. The molecule has 0 saturated heterocycles. The highest BCUT2D eigenvalue weighted by Crippen LogP contribution is 2.14. The lowest BCUT2D eigenvalue weighted by atomic mass is 10.4. The Labute approximate surface area is 116 Å². The number of halogens is 1. The minimum atomic E-state index is -0.0287. The van der Waals surface area contributed by atoms with Crippen molar-refractivity contribution in [2.45, 2.75) is 33.4 Å². The van der Waals surface area contributed by atoms with Crippen molar-refractivity contribution in [2.75, 3.05) is 5.32 Å². The van der Waals surface area contributed by atoms with Gasteiger partial charge >= 0.3 is 6.01 Å². The molecule has 0 aliphatic carbocycles. The molecular weight excluding hydrogens is 268 g/mol. The summed E-state index contributed by atoms with van der Waals surface area (Å²) in [4.78, 5) is 12.0. The van der Waals surface area contributed by atoms with Crippen LogP contribution >= 0.6 is 11.6 Å². The Morgan fingerprint density at radius 1 is 1.32 bits per heavy atom. The molecule has 2 aromatic rings. The number of aryl methyl sites for hydroxylation is 1. The molecule has 7 heteroatoms. The predicted octanol–water partition coefficient (Wildman–Crippen LogP) is 2.83. The zero-order valence-corrected chi connectivity index (χ0v) is 11.7. The third-order valence-corrected chi connectivity index (χ3v) is 2.31. The van der Waals surface area contributed by atoms with Crippen LogP contribution in [0.5, 0.6) is 6.01 Å². The van der Waals surface area contributed by atoms with E-state index in [9.17, 15) is 0 Å². The van der Waals surface area contributed by atoms with Gasteiger partial charge in [0.2, 0.25) is 11.2 Å². The molecular formula is C12H15ClN4O2. The summed E-state index contributed by atoms with van der Waals surface area (Å²) in [6.45, 7) is 6.13. The van der Waals surface area contributed by atoms with Crippen molar-refractivity contribution in [1.29, 1.82) is 0 Å². The summed E-state index contributed by atoms with van der Waals surface area (Å²) >= 11 is 5.81. The van der Waals surface area contributed by atoms with Crippen molar-refractivity contribution in [1.82, 2.24) is 15.0 Å². The monoisotopic (exact) mass is 282 g/mol. The van der Waals surface area contributed by atoms with Gasteiger partial charge in [0, 0.05) is 0 Å². The Morgan fingerprint density at radius 2 is 2.11 bits per heavy atom. The Balaban J connectivity index is 2.05. The van der Waals surface area contributed by atoms with Crippen LogP contribution in [0.2, 0.25) is 5.28 Å². The van der Waals surface area contributed by atoms with Gasteiger partial charge in [-0.3, -0.25) is 0 Å². The van der Waals surface area contributed by atoms with Crippen LogP contribution < -0.4 is 10.1 Å². The van der Waals surface area contributed by atoms with Crippen LogP contribution in [0.15, 0.2) is 16.5 Å². The fourth-order valence-corrected chi connectivity index (χ4v) is 1.57. The van der Waals surface area contributed by atoms with E-state index in [0.29, 0.717) is 12.5 Å². The molecule has 0 amide bonds. The van der Waals surface area contributed by atoms with Gasteiger partial charge in [-0.05, 0) is 44.5 Å². The maximum absolute atomic E-state index is 5.81. The fraction of sp³-hybridized carbons (Fsp3) is 0.417. The molecule has 0 bridgehead atoms. The maximum atomic E-state index is 5.81. The van der Waals surface area contributed by atoms with E-state index in [0.717, 1.165) is 11.5 Å². The molecule has 0 spiro atoms. The predicted molar refractivity (Wildman–Crippen MR) is 71.4 cm³/mol. The van der Waals surface area contributed by atoms with E-state index < -0.39 is 0 Å². The Hall–Kier alpha value is -1.82.